The molecule has 0 spiro atoms. The quantitative estimate of drug-likeness (QED) is 0.907. The van der Waals surface area contributed by atoms with Crippen molar-refractivity contribution in [2.45, 2.75) is 24.4 Å². The molecule has 0 saturated carbocycles. The lowest BCUT2D eigenvalue weighted by Crippen LogP contribution is -2.47. The highest BCUT2D eigenvalue weighted by Gasteiger charge is 2.32. The van der Waals surface area contributed by atoms with Crippen LogP contribution in [0.1, 0.15) is 12.5 Å². The molecule has 1 atom stereocenters. The van der Waals surface area contributed by atoms with Gasteiger partial charge in [0.2, 0.25) is 10.0 Å². The fourth-order valence-corrected chi connectivity index (χ4v) is 4.13. The lowest BCUT2D eigenvalue weighted by molar-refractivity contribution is 0.0392. The molecule has 0 bridgehead atoms. The van der Waals surface area contributed by atoms with Gasteiger partial charge in [0.05, 0.1) is 23.1 Å². The van der Waals surface area contributed by atoms with Gasteiger partial charge in [0.25, 0.3) is 0 Å². The zero-order valence-electron chi connectivity index (χ0n) is 11.9. The van der Waals surface area contributed by atoms with E-state index >= 15 is 0 Å². The van der Waals surface area contributed by atoms with Gasteiger partial charge in [0.15, 0.2) is 0 Å². The van der Waals surface area contributed by atoms with Crippen LogP contribution in [-0.4, -0.2) is 45.6 Å². The minimum absolute atomic E-state index is 0.0571. The Kier molecular flexibility index (Phi) is 5.21. The van der Waals surface area contributed by atoms with Crippen LogP contribution >= 0.6 is 11.6 Å². The average Bonchev–Trinajstić information content (AvgIpc) is 2.44. The number of morpholine rings is 1. The molecule has 0 amide bonds. The van der Waals surface area contributed by atoms with Crippen LogP contribution in [0.2, 0.25) is 5.02 Å². The van der Waals surface area contributed by atoms with Crippen LogP contribution < -0.4 is 5.32 Å². The zero-order chi connectivity index (χ0) is 15.6. The maximum atomic E-state index is 13.9. The maximum absolute atomic E-state index is 13.9. The summed E-state index contributed by atoms with van der Waals surface area (Å²) in [6, 6.07) is 2.11. The van der Waals surface area contributed by atoms with E-state index in [-0.39, 0.29) is 29.0 Å². The number of sulfonamides is 1. The molecule has 1 saturated heterocycles. The summed E-state index contributed by atoms with van der Waals surface area (Å²) in [5.41, 5.74) is 0.415. The molecule has 0 aliphatic carbocycles. The molecule has 5 nitrogen and oxygen atoms in total. The van der Waals surface area contributed by atoms with E-state index in [1.54, 1.807) is 14.0 Å². The summed E-state index contributed by atoms with van der Waals surface area (Å²) in [6.45, 7) is 2.98. The summed E-state index contributed by atoms with van der Waals surface area (Å²) < 4.78 is 45.8. The Bertz CT molecular complexity index is 624. The van der Waals surface area contributed by atoms with Crippen molar-refractivity contribution in [3.63, 3.8) is 0 Å². The van der Waals surface area contributed by atoms with Crippen molar-refractivity contribution in [3.8, 4) is 0 Å². The molecule has 0 aromatic heterocycles. The number of nitrogens with zero attached hydrogens (tertiary/aromatic N) is 1. The fraction of sp³-hybridized carbons (Fsp3) is 0.538. The third-order valence-electron chi connectivity index (χ3n) is 3.36. The number of halogens is 2. The first-order chi connectivity index (χ1) is 9.87. The van der Waals surface area contributed by atoms with Gasteiger partial charge in [-0.3, -0.25) is 0 Å². The van der Waals surface area contributed by atoms with E-state index in [1.807, 2.05) is 0 Å². The molecule has 1 N–H and O–H groups in total. The van der Waals surface area contributed by atoms with E-state index in [2.05, 4.69) is 5.32 Å². The largest absolute Gasteiger partial charge is 0.378 e. The van der Waals surface area contributed by atoms with Crippen LogP contribution in [0.5, 0.6) is 0 Å². The van der Waals surface area contributed by atoms with Crippen LogP contribution in [0, 0.1) is 5.82 Å². The molecule has 1 aromatic rings. The lowest BCUT2D eigenvalue weighted by Gasteiger charge is -2.32. The van der Waals surface area contributed by atoms with Crippen molar-refractivity contribution >= 4 is 21.6 Å². The topological polar surface area (TPSA) is 58.6 Å². The Balaban J connectivity index is 2.44. The Morgan fingerprint density at radius 2 is 2.24 bits per heavy atom. The molecule has 8 heteroatoms. The van der Waals surface area contributed by atoms with Gasteiger partial charge in [-0.15, -0.1) is 0 Å². The summed E-state index contributed by atoms with van der Waals surface area (Å²) in [5, 5.41) is 2.78. The molecular weight excluding hydrogens is 319 g/mol. The van der Waals surface area contributed by atoms with Crippen LogP contribution in [0.4, 0.5) is 4.39 Å². The van der Waals surface area contributed by atoms with Crippen molar-refractivity contribution in [1.82, 2.24) is 9.62 Å². The molecule has 1 fully saturated rings. The van der Waals surface area contributed by atoms with Crippen LogP contribution in [0.3, 0.4) is 0 Å². The van der Waals surface area contributed by atoms with Crippen molar-refractivity contribution in [2.24, 2.45) is 0 Å². The second-order valence-corrected chi connectivity index (χ2v) is 7.22. The Morgan fingerprint density at radius 1 is 1.52 bits per heavy atom. The molecule has 1 aliphatic rings. The van der Waals surface area contributed by atoms with E-state index < -0.39 is 15.8 Å². The van der Waals surface area contributed by atoms with E-state index in [9.17, 15) is 12.8 Å². The number of hydrogen-bond donors (Lipinski definition) is 1. The van der Waals surface area contributed by atoms with Gasteiger partial charge in [-0.05, 0) is 31.7 Å². The SMILES string of the molecule is CNCc1cc(S(=O)(=O)N2CCOCC2C)cc(F)c1Cl. The Hall–Kier alpha value is -0.730. The monoisotopic (exact) mass is 336 g/mol. The van der Waals surface area contributed by atoms with Crippen LogP contribution in [-0.2, 0) is 21.3 Å². The average molecular weight is 337 g/mol. The standard InChI is InChI=1S/C13H18ClFN2O3S/c1-9-8-20-4-3-17(9)21(18,19)11-5-10(7-16-2)13(14)12(15)6-11/h5-6,9,16H,3-4,7-8H2,1-2H3. The van der Waals surface area contributed by atoms with Gasteiger partial charge >= 0.3 is 0 Å². The number of ether oxygens (including phenoxy) is 1. The fourth-order valence-electron chi connectivity index (χ4n) is 2.29. The van der Waals surface area contributed by atoms with E-state index in [0.29, 0.717) is 18.8 Å². The third kappa shape index (κ3) is 3.37. The van der Waals surface area contributed by atoms with Gasteiger partial charge in [-0.1, -0.05) is 11.6 Å². The molecule has 118 valence electrons. The van der Waals surface area contributed by atoms with E-state index in [4.69, 9.17) is 16.3 Å². The molecule has 2 rings (SSSR count). The normalized spacial score (nSPS) is 20.7. The highest BCUT2D eigenvalue weighted by molar-refractivity contribution is 7.89. The van der Waals surface area contributed by atoms with Crippen molar-refractivity contribution in [3.05, 3.63) is 28.5 Å². The molecule has 1 aromatic carbocycles. The van der Waals surface area contributed by atoms with Crippen molar-refractivity contribution in [1.29, 1.82) is 0 Å². The van der Waals surface area contributed by atoms with Crippen LogP contribution in [0.25, 0.3) is 0 Å². The number of hydrogen-bond acceptors (Lipinski definition) is 4. The van der Waals surface area contributed by atoms with Gasteiger partial charge in [0.1, 0.15) is 5.82 Å². The number of rotatable bonds is 4. The summed E-state index contributed by atoms with van der Waals surface area (Å²) in [7, 11) is -2.08. The van der Waals surface area contributed by atoms with E-state index in [0.717, 1.165) is 6.07 Å². The Morgan fingerprint density at radius 3 is 2.86 bits per heavy atom. The van der Waals surface area contributed by atoms with Crippen molar-refractivity contribution in [2.75, 3.05) is 26.8 Å². The molecular formula is C13H18ClFN2O3S. The zero-order valence-corrected chi connectivity index (χ0v) is 13.5. The number of nitrogens with one attached hydrogen (secondary N) is 1. The number of benzene rings is 1. The predicted molar refractivity (Wildman–Crippen MR) is 78.3 cm³/mol. The summed E-state index contributed by atoms with van der Waals surface area (Å²) in [4.78, 5) is -0.0802. The summed E-state index contributed by atoms with van der Waals surface area (Å²) in [6.07, 6.45) is 0. The maximum Gasteiger partial charge on any atom is 0.243 e. The van der Waals surface area contributed by atoms with Gasteiger partial charge in [-0.2, -0.15) is 4.31 Å². The molecule has 21 heavy (non-hydrogen) atoms. The second kappa shape index (κ2) is 6.58. The molecule has 1 heterocycles. The molecule has 0 radical (unpaired) electrons. The summed E-state index contributed by atoms with van der Waals surface area (Å²) >= 11 is 5.87. The van der Waals surface area contributed by atoms with Gasteiger partial charge in [-0.25, -0.2) is 12.8 Å². The molecule has 1 unspecified atom stereocenters. The highest BCUT2D eigenvalue weighted by Crippen LogP contribution is 2.27. The first-order valence-corrected chi connectivity index (χ1v) is 8.42. The first kappa shape index (κ1) is 16.6. The predicted octanol–water partition coefficient (Wildman–Crippen LogP) is 1.61. The first-order valence-electron chi connectivity index (χ1n) is 6.60. The highest BCUT2D eigenvalue weighted by atomic mass is 35.5. The molecule has 1 aliphatic heterocycles. The minimum Gasteiger partial charge on any atom is -0.378 e. The Labute approximate surface area is 129 Å². The lowest BCUT2D eigenvalue weighted by atomic mass is 10.2. The van der Waals surface area contributed by atoms with E-state index in [1.165, 1.54) is 10.4 Å². The third-order valence-corrected chi connectivity index (χ3v) is 5.77. The van der Waals surface area contributed by atoms with Gasteiger partial charge in [0, 0.05) is 19.1 Å². The minimum atomic E-state index is -3.76. The van der Waals surface area contributed by atoms with Crippen molar-refractivity contribution < 1.29 is 17.5 Å². The smallest absolute Gasteiger partial charge is 0.243 e. The van der Waals surface area contributed by atoms with Crippen LogP contribution in [0.15, 0.2) is 17.0 Å². The van der Waals surface area contributed by atoms with Gasteiger partial charge < -0.3 is 10.1 Å². The second-order valence-electron chi connectivity index (χ2n) is 4.95. The summed E-state index contributed by atoms with van der Waals surface area (Å²) in [5.74, 6) is -0.732.